The highest BCUT2D eigenvalue weighted by molar-refractivity contribution is 5.05. The Morgan fingerprint density at radius 1 is 1.62 bits per heavy atom. The summed E-state index contributed by atoms with van der Waals surface area (Å²) in [4.78, 5) is 0. The Bertz CT molecular complexity index is 177. The molecule has 0 amide bonds. The summed E-state index contributed by atoms with van der Waals surface area (Å²) in [5, 5.41) is 9.48. The van der Waals surface area contributed by atoms with Crippen LogP contribution in [0.1, 0.15) is 13.8 Å². The molecule has 0 aromatic heterocycles. The molecule has 1 rings (SSSR count). The van der Waals surface area contributed by atoms with E-state index in [4.69, 9.17) is 9.47 Å². The standard InChI is InChI=1S/C10H18O3/c1-7(2)13-4-8(3)9-5-12-6-10(9)11/h7,9-11H,3-6H2,1-2H3. The third-order valence-electron chi connectivity index (χ3n) is 2.18. The monoisotopic (exact) mass is 186 g/mol. The highest BCUT2D eigenvalue weighted by atomic mass is 16.5. The van der Waals surface area contributed by atoms with E-state index in [0.29, 0.717) is 19.8 Å². The smallest absolute Gasteiger partial charge is 0.0861 e. The van der Waals surface area contributed by atoms with Crippen LogP contribution in [0.15, 0.2) is 12.2 Å². The Labute approximate surface area is 79.3 Å². The number of rotatable bonds is 4. The zero-order chi connectivity index (χ0) is 9.84. The van der Waals surface area contributed by atoms with Crippen molar-refractivity contribution >= 4 is 0 Å². The lowest BCUT2D eigenvalue weighted by Gasteiger charge is -2.16. The van der Waals surface area contributed by atoms with Gasteiger partial charge in [-0.25, -0.2) is 0 Å². The van der Waals surface area contributed by atoms with Gasteiger partial charge in [-0.05, 0) is 19.4 Å². The maximum absolute atomic E-state index is 9.48. The van der Waals surface area contributed by atoms with Crippen LogP contribution in [0.5, 0.6) is 0 Å². The molecule has 0 spiro atoms. The summed E-state index contributed by atoms with van der Waals surface area (Å²) in [6.45, 7) is 9.37. The third kappa shape index (κ3) is 3.10. The van der Waals surface area contributed by atoms with E-state index in [0.717, 1.165) is 5.57 Å². The number of hydrogen-bond acceptors (Lipinski definition) is 3. The van der Waals surface area contributed by atoms with E-state index < -0.39 is 6.10 Å². The average Bonchev–Trinajstić information content (AvgIpc) is 2.47. The minimum Gasteiger partial charge on any atom is -0.390 e. The zero-order valence-electron chi connectivity index (χ0n) is 8.32. The molecule has 1 aliphatic heterocycles. The number of aliphatic hydroxyl groups excluding tert-OH is 1. The van der Waals surface area contributed by atoms with E-state index in [1.807, 2.05) is 13.8 Å². The fourth-order valence-corrected chi connectivity index (χ4v) is 1.31. The Morgan fingerprint density at radius 3 is 2.77 bits per heavy atom. The van der Waals surface area contributed by atoms with Crippen molar-refractivity contribution < 1.29 is 14.6 Å². The first-order chi connectivity index (χ1) is 6.11. The molecule has 0 bridgehead atoms. The van der Waals surface area contributed by atoms with Gasteiger partial charge in [0.2, 0.25) is 0 Å². The van der Waals surface area contributed by atoms with Gasteiger partial charge in [-0.2, -0.15) is 0 Å². The predicted molar refractivity (Wildman–Crippen MR) is 50.5 cm³/mol. The molecular formula is C10H18O3. The van der Waals surface area contributed by atoms with Crippen LogP contribution in [0.3, 0.4) is 0 Å². The lowest BCUT2D eigenvalue weighted by Crippen LogP contribution is -2.22. The molecule has 0 aromatic rings. The van der Waals surface area contributed by atoms with Crippen LogP contribution in [-0.2, 0) is 9.47 Å². The van der Waals surface area contributed by atoms with Crippen molar-refractivity contribution in [2.24, 2.45) is 5.92 Å². The molecule has 1 saturated heterocycles. The molecule has 1 heterocycles. The third-order valence-corrected chi connectivity index (χ3v) is 2.18. The first kappa shape index (κ1) is 10.7. The topological polar surface area (TPSA) is 38.7 Å². The Kier molecular flexibility index (Phi) is 3.90. The molecule has 2 unspecified atom stereocenters. The van der Waals surface area contributed by atoms with Crippen molar-refractivity contribution in [3.63, 3.8) is 0 Å². The summed E-state index contributed by atoms with van der Waals surface area (Å²) >= 11 is 0. The Hall–Kier alpha value is -0.380. The first-order valence-corrected chi connectivity index (χ1v) is 4.66. The highest BCUT2D eigenvalue weighted by Crippen LogP contribution is 2.21. The van der Waals surface area contributed by atoms with Gasteiger partial charge in [0.25, 0.3) is 0 Å². The average molecular weight is 186 g/mol. The maximum Gasteiger partial charge on any atom is 0.0861 e. The maximum atomic E-state index is 9.48. The second kappa shape index (κ2) is 4.74. The van der Waals surface area contributed by atoms with Gasteiger partial charge in [-0.3, -0.25) is 0 Å². The van der Waals surface area contributed by atoms with Gasteiger partial charge >= 0.3 is 0 Å². The molecule has 3 nitrogen and oxygen atoms in total. The van der Waals surface area contributed by atoms with E-state index in [1.165, 1.54) is 0 Å². The fraction of sp³-hybridized carbons (Fsp3) is 0.800. The van der Waals surface area contributed by atoms with Gasteiger partial charge in [0.05, 0.1) is 32.0 Å². The molecule has 1 aliphatic rings. The second-order valence-electron chi connectivity index (χ2n) is 3.73. The number of aliphatic hydroxyl groups is 1. The molecule has 3 heteroatoms. The normalized spacial score (nSPS) is 28.3. The second-order valence-corrected chi connectivity index (χ2v) is 3.73. The van der Waals surface area contributed by atoms with Crippen LogP contribution in [0.4, 0.5) is 0 Å². The molecule has 1 N–H and O–H groups in total. The van der Waals surface area contributed by atoms with Crippen molar-refractivity contribution in [3.05, 3.63) is 12.2 Å². The summed E-state index contributed by atoms with van der Waals surface area (Å²) < 4.78 is 10.5. The number of ether oxygens (including phenoxy) is 2. The van der Waals surface area contributed by atoms with Gasteiger partial charge in [0.1, 0.15) is 0 Å². The van der Waals surface area contributed by atoms with E-state index in [9.17, 15) is 5.11 Å². The van der Waals surface area contributed by atoms with Crippen LogP contribution in [0.2, 0.25) is 0 Å². The largest absolute Gasteiger partial charge is 0.390 e. The molecule has 76 valence electrons. The van der Waals surface area contributed by atoms with Gasteiger partial charge in [0.15, 0.2) is 0 Å². The van der Waals surface area contributed by atoms with Crippen molar-refractivity contribution in [1.29, 1.82) is 0 Å². The summed E-state index contributed by atoms with van der Waals surface area (Å²) in [5.74, 6) is 0.0544. The highest BCUT2D eigenvalue weighted by Gasteiger charge is 2.28. The van der Waals surface area contributed by atoms with E-state index in [2.05, 4.69) is 6.58 Å². The Morgan fingerprint density at radius 2 is 2.31 bits per heavy atom. The van der Waals surface area contributed by atoms with Crippen molar-refractivity contribution in [2.45, 2.75) is 26.1 Å². The van der Waals surface area contributed by atoms with Crippen molar-refractivity contribution in [3.8, 4) is 0 Å². The molecule has 0 aromatic carbocycles. The predicted octanol–water partition coefficient (Wildman–Crippen LogP) is 0.975. The van der Waals surface area contributed by atoms with Gasteiger partial charge < -0.3 is 14.6 Å². The van der Waals surface area contributed by atoms with Crippen LogP contribution >= 0.6 is 0 Å². The minimum atomic E-state index is -0.400. The lowest BCUT2D eigenvalue weighted by atomic mass is 9.98. The molecule has 13 heavy (non-hydrogen) atoms. The molecule has 0 radical (unpaired) electrons. The minimum absolute atomic E-state index is 0.0544. The molecule has 0 saturated carbocycles. The summed E-state index contributed by atoms with van der Waals surface area (Å²) in [7, 11) is 0. The van der Waals surface area contributed by atoms with Gasteiger partial charge in [-0.15, -0.1) is 0 Å². The van der Waals surface area contributed by atoms with E-state index in [-0.39, 0.29) is 12.0 Å². The van der Waals surface area contributed by atoms with Crippen molar-refractivity contribution in [2.75, 3.05) is 19.8 Å². The van der Waals surface area contributed by atoms with Crippen LogP contribution in [0, 0.1) is 5.92 Å². The van der Waals surface area contributed by atoms with Gasteiger partial charge in [-0.1, -0.05) is 6.58 Å². The summed E-state index contributed by atoms with van der Waals surface area (Å²) in [6, 6.07) is 0. The molecule has 1 fully saturated rings. The van der Waals surface area contributed by atoms with Crippen LogP contribution in [0.25, 0.3) is 0 Å². The molecular weight excluding hydrogens is 168 g/mol. The van der Waals surface area contributed by atoms with Gasteiger partial charge in [0, 0.05) is 5.92 Å². The SMILES string of the molecule is C=C(COC(C)C)C1COCC1O. The number of hydrogen-bond donors (Lipinski definition) is 1. The van der Waals surface area contributed by atoms with Crippen molar-refractivity contribution in [1.82, 2.24) is 0 Å². The lowest BCUT2D eigenvalue weighted by molar-refractivity contribution is 0.0835. The molecule has 0 aliphatic carbocycles. The Balaban J connectivity index is 2.30. The quantitative estimate of drug-likeness (QED) is 0.665. The van der Waals surface area contributed by atoms with E-state index >= 15 is 0 Å². The fourth-order valence-electron chi connectivity index (χ4n) is 1.31. The van der Waals surface area contributed by atoms with Crippen LogP contribution in [-0.4, -0.2) is 37.1 Å². The molecule has 2 atom stereocenters. The first-order valence-electron chi connectivity index (χ1n) is 4.66. The van der Waals surface area contributed by atoms with Crippen LogP contribution < -0.4 is 0 Å². The zero-order valence-corrected chi connectivity index (χ0v) is 8.32. The summed E-state index contributed by atoms with van der Waals surface area (Å²) in [5.41, 5.74) is 0.929. The van der Waals surface area contributed by atoms with E-state index in [1.54, 1.807) is 0 Å². The summed E-state index contributed by atoms with van der Waals surface area (Å²) in [6.07, 6.45) is -0.195.